The van der Waals surface area contributed by atoms with Gasteiger partial charge in [-0.25, -0.2) is 4.98 Å². The topological polar surface area (TPSA) is 34.1 Å². The molecule has 16 heavy (non-hydrogen) atoms. The van der Waals surface area contributed by atoms with E-state index in [9.17, 15) is 0 Å². The van der Waals surface area contributed by atoms with Gasteiger partial charge < -0.3 is 10.1 Å². The molecule has 4 heteroatoms. The molecule has 1 aromatic rings. The first-order valence-electron chi connectivity index (χ1n) is 5.69. The van der Waals surface area contributed by atoms with Crippen molar-refractivity contribution in [2.75, 3.05) is 13.7 Å². The highest BCUT2D eigenvalue weighted by molar-refractivity contribution is 9.10. The summed E-state index contributed by atoms with van der Waals surface area (Å²) in [5.74, 6) is 0.744. The second-order valence-corrected chi connectivity index (χ2v) is 4.62. The fourth-order valence-corrected chi connectivity index (χ4v) is 1.82. The smallest absolute Gasteiger partial charge is 0.217 e. The van der Waals surface area contributed by atoms with E-state index in [4.69, 9.17) is 4.74 Å². The molecular formula is C12H19BrN2O. The number of aromatic nitrogens is 1. The van der Waals surface area contributed by atoms with Crippen LogP contribution < -0.4 is 10.1 Å². The molecule has 0 saturated heterocycles. The van der Waals surface area contributed by atoms with Crippen LogP contribution in [0.1, 0.15) is 31.7 Å². The summed E-state index contributed by atoms with van der Waals surface area (Å²) in [4.78, 5) is 4.29. The number of halogens is 1. The van der Waals surface area contributed by atoms with Gasteiger partial charge in [0.15, 0.2) is 0 Å². The second kappa shape index (κ2) is 7.63. The molecule has 0 amide bonds. The van der Waals surface area contributed by atoms with E-state index in [1.54, 1.807) is 6.20 Å². The number of rotatable bonds is 7. The Labute approximate surface area is 106 Å². The van der Waals surface area contributed by atoms with Crippen molar-refractivity contribution in [3.63, 3.8) is 0 Å². The molecule has 0 saturated carbocycles. The molecule has 90 valence electrons. The Morgan fingerprint density at radius 2 is 2.25 bits per heavy atom. The highest BCUT2D eigenvalue weighted by Gasteiger charge is 2.05. The molecule has 0 unspecified atom stereocenters. The molecule has 1 aromatic heterocycles. The van der Waals surface area contributed by atoms with Gasteiger partial charge >= 0.3 is 0 Å². The third kappa shape index (κ3) is 4.49. The van der Waals surface area contributed by atoms with Gasteiger partial charge in [-0.3, -0.25) is 0 Å². The van der Waals surface area contributed by atoms with Crippen LogP contribution >= 0.6 is 15.9 Å². The number of hydrogen-bond acceptors (Lipinski definition) is 3. The third-order valence-corrected chi connectivity index (χ3v) is 2.68. The van der Waals surface area contributed by atoms with Crippen LogP contribution in [0.5, 0.6) is 5.88 Å². The molecule has 1 heterocycles. The van der Waals surface area contributed by atoms with Gasteiger partial charge in [-0.05, 0) is 35.5 Å². The Kier molecular flexibility index (Phi) is 6.42. The van der Waals surface area contributed by atoms with Gasteiger partial charge in [0.2, 0.25) is 5.88 Å². The first-order valence-corrected chi connectivity index (χ1v) is 6.49. The number of unbranched alkanes of at least 4 members (excludes halogenated alkanes) is 2. The average molecular weight is 287 g/mol. The van der Waals surface area contributed by atoms with E-state index in [1.807, 2.05) is 13.1 Å². The van der Waals surface area contributed by atoms with Crippen LogP contribution in [-0.4, -0.2) is 18.6 Å². The largest absolute Gasteiger partial charge is 0.477 e. The molecule has 0 radical (unpaired) electrons. The first kappa shape index (κ1) is 13.5. The van der Waals surface area contributed by atoms with E-state index in [0.717, 1.165) is 35.5 Å². The Morgan fingerprint density at radius 1 is 1.44 bits per heavy atom. The zero-order valence-electron chi connectivity index (χ0n) is 9.92. The molecule has 0 aromatic carbocycles. The Morgan fingerprint density at radius 3 is 2.94 bits per heavy atom. The zero-order chi connectivity index (χ0) is 11.8. The molecule has 0 atom stereocenters. The van der Waals surface area contributed by atoms with Gasteiger partial charge in [-0.15, -0.1) is 0 Å². The number of ether oxygens (including phenoxy) is 1. The van der Waals surface area contributed by atoms with Crippen molar-refractivity contribution in [1.82, 2.24) is 10.3 Å². The van der Waals surface area contributed by atoms with Crippen molar-refractivity contribution in [3.05, 3.63) is 22.3 Å². The van der Waals surface area contributed by atoms with E-state index < -0.39 is 0 Å². The van der Waals surface area contributed by atoms with Crippen LogP contribution in [0.4, 0.5) is 0 Å². The first-order chi connectivity index (χ1) is 7.77. The van der Waals surface area contributed by atoms with Gasteiger partial charge in [-0.1, -0.05) is 19.8 Å². The maximum atomic E-state index is 5.67. The van der Waals surface area contributed by atoms with E-state index in [-0.39, 0.29) is 0 Å². The van der Waals surface area contributed by atoms with Crippen LogP contribution in [0.25, 0.3) is 0 Å². The van der Waals surface area contributed by atoms with Crippen LogP contribution in [0.3, 0.4) is 0 Å². The highest BCUT2D eigenvalue weighted by atomic mass is 79.9. The summed E-state index contributed by atoms with van der Waals surface area (Å²) in [7, 11) is 1.92. The van der Waals surface area contributed by atoms with Crippen molar-refractivity contribution in [3.8, 4) is 5.88 Å². The van der Waals surface area contributed by atoms with Gasteiger partial charge in [0.1, 0.15) is 0 Å². The fourth-order valence-electron chi connectivity index (χ4n) is 1.44. The summed E-state index contributed by atoms with van der Waals surface area (Å²) in [6, 6.07) is 2.04. The number of nitrogens with one attached hydrogen (secondary N) is 1. The molecule has 0 aliphatic carbocycles. The van der Waals surface area contributed by atoms with Crippen molar-refractivity contribution in [2.45, 2.75) is 32.7 Å². The predicted molar refractivity (Wildman–Crippen MR) is 69.7 cm³/mol. The summed E-state index contributed by atoms with van der Waals surface area (Å²) in [5.41, 5.74) is 1.09. The summed E-state index contributed by atoms with van der Waals surface area (Å²) in [5, 5.41) is 3.11. The molecule has 0 aliphatic heterocycles. The SMILES string of the molecule is CCCCCOc1ncc(Br)cc1CNC. The summed E-state index contributed by atoms with van der Waals surface area (Å²) in [6.07, 6.45) is 5.28. The maximum Gasteiger partial charge on any atom is 0.217 e. The van der Waals surface area contributed by atoms with Gasteiger partial charge in [0.05, 0.1) is 6.61 Å². The van der Waals surface area contributed by atoms with E-state index in [0.29, 0.717) is 0 Å². The molecule has 0 aliphatic rings. The zero-order valence-corrected chi connectivity index (χ0v) is 11.5. The summed E-state index contributed by atoms with van der Waals surface area (Å²) in [6.45, 7) is 3.71. The van der Waals surface area contributed by atoms with Gasteiger partial charge in [0.25, 0.3) is 0 Å². The van der Waals surface area contributed by atoms with E-state index in [1.165, 1.54) is 12.8 Å². The summed E-state index contributed by atoms with van der Waals surface area (Å²) < 4.78 is 6.66. The molecule has 1 rings (SSSR count). The monoisotopic (exact) mass is 286 g/mol. The van der Waals surface area contributed by atoms with Crippen molar-refractivity contribution in [2.24, 2.45) is 0 Å². The minimum Gasteiger partial charge on any atom is -0.477 e. The minimum atomic E-state index is 0.744. The molecule has 0 spiro atoms. The van der Waals surface area contributed by atoms with Crippen LogP contribution in [0, 0.1) is 0 Å². The number of hydrogen-bond donors (Lipinski definition) is 1. The number of nitrogens with zero attached hydrogens (tertiary/aromatic N) is 1. The minimum absolute atomic E-state index is 0.744. The second-order valence-electron chi connectivity index (χ2n) is 3.70. The van der Waals surface area contributed by atoms with Crippen molar-refractivity contribution < 1.29 is 4.74 Å². The van der Waals surface area contributed by atoms with Crippen molar-refractivity contribution in [1.29, 1.82) is 0 Å². The average Bonchev–Trinajstić information content (AvgIpc) is 2.27. The highest BCUT2D eigenvalue weighted by Crippen LogP contribution is 2.20. The van der Waals surface area contributed by atoms with Crippen molar-refractivity contribution >= 4 is 15.9 Å². The van der Waals surface area contributed by atoms with E-state index >= 15 is 0 Å². The lowest BCUT2D eigenvalue weighted by molar-refractivity contribution is 0.291. The van der Waals surface area contributed by atoms with Crippen LogP contribution in [0.2, 0.25) is 0 Å². The third-order valence-electron chi connectivity index (χ3n) is 2.25. The Bertz CT molecular complexity index is 318. The summed E-state index contributed by atoms with van der Waals surface area (Å²) >= 11 is 3.41. The lowest BCUT2D eigenvalue weighted by Crippen LogP contribution is -2.09. The van der Waals surface area contributed by atoms with E-state index in [2.05, 4.69) is 33.2 Å². The Balaban J connectivity index is 2.56. The van der Waals surface area contributed by atoms with Crippen LogP contribution in [-0.2, 0) is 6.54 Å². The molecule has 0 fully saturated rings. The molecule has 1 N–H and O–H groups in total. The maximum absolute atomic E-state index is 5.67. The lowest BCUT2D eigenvalue weighted by Gasteiger charge is -2.10. The number of pyridine rings is 1. The predicted octanol–water partition coefficient (Wildman–Crippen LogP) is 3.13. The Hall–Kier alpha value is -0.610. The van der Waals surface area contributed by atoms with Crippen LogP contribution in [0.15, 0.2) is 16.7 Å². The normalized spacial score (nSPS) is 10.4. The quantitative estimate of drug-likeness (QED) is 0.782. The molecule has 3 nitrogen and oxygen atoms in total. The fraction of sp³-hybridized carbons (Fsp3) is 0.583. The molecule has 0 bridgehead atoms. The van der Waals surface area contributed by atoms with Gasteiger partial charge in [-0.2, -0.15) is 0 Å². The molecular weight excluding hydrogens is 268 g/mol. The standard InChI is InChI=1S/C12H19BrN2O/c1-3-4-5-6-16-12-10(8-14-2)7-11(13)9-15-12/h7,9,14H,3-6,8H2,1-2H3. The van der Waals surface area contributed by atoms with Gasteiger partial charge in [0, 0.05) is 22.8 Å². The lowest BCUT2D eigenvalue weighted by atomic mass is 10.2.